The van der Waals surface area contributed by atoms with Crippen molar-refractivity contribution in [1.82, 2.24) is 19.3 Å². The van der Waals surface area contributed by atoms with Gasteiger partial charge in [0, 0.05) is 41.8 Å². The first-order valence-electron chi connectivity index (χ1n) is 12.3. The van der Waals surface area contributed by atoms with Crippen molar-refractivity contribution in [2.45, 2.75) is 39.9 Å². The number of pyridine rings is 2. The van der Waals surface area contributed by atoms with Crippen molar-refractivity contribution in [1.29, 1.82) is 0 Å². The fourth-order valence-corrected chi connectivity index (χ4v) is 5.27. The predicted molar refractivity (Wildman–Crippen MR) is 143 cm³/mol. The number of anilines is 2. The van der Waals surface area contributed by atoms with Crippen molar-refractivity contribution >= 4 is 44.9 Å². The van der Waals surface area contributed by atoms with E-state index in [1.165, 1.54) is 0 Å². The molecule has 1 aliphatic heterocycles. The molecular weight excluding hydrogens is 480 g/mol. The van der Waals surface area contributed by atoms with Crippen molar-refractivity contribution in [3.05, 3.63) is 57.1 Å². The molecule has 9 nitrogen and oxygen atoms in total. The summed E-state index contributed by atoms with van der Waals surface area (Å²) in [7, 11) is 0. The molecule has 0 saturated carbocycles. The zero-order valence-electron chi connectivity index (χ0n) is 20.8. The number of aromatic nitrogens is 4. The first-order valence-corrected chi connectivity index (χ1v) is 12.7. The van der Waals surface area contributed by atoms with Crippen molar-refractivity contribution in [3.63, 3.8) is 0 Å². The summed E-state index contributed by atoms with van der Waals surface area (Å²) in [5.74, 6) is 0.795. The number of nitrogens with one attached hydrogen (secondary N) is 1. The van der Waals surface area contributed by atoms with E-state index in [-0.39, 0.29) is 18.2 Å². The Hall–Kier alpha value is -3.14. The summed E-state index contributed by atoms with van der Waals surface area (Å²) in [6, 6.07) is 7.67. The molecular formula is C26H31ClN6O3. The van der Waals surface area contributed by atoms with Crippen LogP contribution in [0.2, 0.25) is 5.15 Å². The van der Waals surface area contributed by atoms with Crippen LogP contribution in [0.15, 0.2) is 35.3 Å². The standard InChI is InChI=1S/C26H31ClN6O3/c1-4-32-25-20(15-28-33(25)7-10-34)23-18(13-16(2)14-19(23)26(32)35)17(3)29-21-5-6-22(27)30-24(21)31-8-11-36-12-9-31/h5-6,13-15,17,29,34H,4,7-12H2,1-3H3. The minimum Gasteiger partial charge on any atom is -0.394 e. The lowest BCUT2D eigenvalue weighted by molar-refractivity contribution is 0.122. The molecule has 1 fully saturated rings. The van der Waals surface area contributed by atoms with Gasteiger partial charge in [-0.1, -0.05) is 17.7 Å². The van der Waals surface area contributed by atoms with Crippen LogP contribution in [0.5, 0.6) is 0 Å². The van der Waals surface area contributed by atoms with Crippen molar-refractivity contribution in [2.75, 3.05) is 43.1 Å². The molecule has 0 aliphatic carbocycles. The maximum Gasteiger partial charge on any atom is 0.260 e. The van der Waals surface area contributed by atoms with Crippen LogP contribution < -0.4 is 15.8 Å². The molecule has 1 aliphatic rings. The van der Waals surface area contributed by atoms with Gasteiger partial charge in [0.15, 0.2) is 5.82 Å². The topological polar surface area (TPSA) is 97.4 Å². The van der Waals surface area contributed by atoms with Crippen LogP contribution in [0, 0.1) is 6.92 Å². The summed E-state index contributed by atoms with van der Waals surface area (Å²) in [4.78, 5) is 20.4. The number of aliphatic hydroxyl groups is 1. The first kappa shape index (κ1) is 24.5. The molecule has 0 bridgehead atoms. The Bertz CT molecular complexity index is 1470. The molecule has 1 saturated heterocycles. The fraction of sp³-hybridized carbons (Fsp3) is 0.423. The van der Waals surface area contributed by atoms with E-state index >= 15 is 0 Å². The summed E-state index contributed by atoms with van der Waals surface area (Å²) in [5.41, 5.74) is 3.55. The second-order valence-electron chi connectivity index (χ2n) is 9.13. The van der Waals surface area contributed by atoms with Gasteiger partial charge in [-0.15, -0.1) is 0 Å². The number of hydrogen-bond donors (Lipinski definition) is 2. The van der Waals surface area contributed by atoms with E-state index in [0.717, 1.165) is 52.1 Å². The molecule has 36 heavy (non-hydrogen) atoms. The number of fused-ring (bicyclic) bond motifs is 3. The zero-order chi connectivity index (χ0) is 25.4. The maximum atomic E-state index is 13.6. The molecule has 3 aromatic heterocycles. The smallest absolute Gasteiger partial charge is 0.260 e. The summed E-state index contributed by atoms with van der Waals surface area (Å²) in [6.45, 7) is 9.59. The van der Waals surface area contributed by atoms with Crippen LogP contribution in [0.1, 0.15) is 31.0 Å². The Kier molecular flexibility index (Phi) is 6.87. The minimum absolute atomic E-state index is 0.0562. The van der Waals surface area contributed by atoms with E-state index < -0.39 is 0 Å². The third-order valence-corrected chi connectivity index (χ3v) is 6.95. The van der Waals surface area contributed by atoms with Crippen LogP contribution in [0.25, 0.3) is 21.8 Å². The minimum atomic E-state index is -0.142. The molecule has 190 valence electrons. The van der Waals surface area contributed by atoms with Gasteiger partial charge in [0.05, 0.1) is 38.2 Å². The summed E-state index contributed by atoms with van der Waals surface area (Å²) in [5, 5.41) is 20.6. The first-order chi connectivity index (χ1) is 17.4. The molecule has 0 amide bonds. The van der Waals surface area contributed by atoms with E-state index in [1.54, 1.807) is 21.5 Å². The van der Waals surface area contributed by atoms with Gasteiger partial charge in [-0.3, -0.25) is 9.36 Å². The number of nitrogens with zero attached hydrogens (tertiary/aromatic N) is 5. The third kappa shape index (κ3) is 4.31. The molecule has 4 aromatic rings. The number of hydrogen-bond acceptors (Lipinski definition) is 7. The van der Waals surface area contributed by atoms with E-state index in [0.29, 0.717) is 36.8 Å². The maximum absolute atomic E-state index is 13.6. The largest absolute Gasteiger partial charge is 0.394 e. The molecule has 1 atom stereocenters. The Balaban J connectivity index is 1.66. The number of benzene rings is 1. The zero-order valence-corrected chi connectivity index (χ0v) is 21.5. The number of rotatable bonds is 7. The van der Waals surface area contributed by atoms with Gasteiger partial charge in [-0.05, 0) is 50.1 Å². The summed E-state index contributed by atoms with van der Waals surface area (Å²) < 4.78 is 8.96. The highest BCUT2D eigenvalue weighted by atomic mass is 35.5. The Labute approximate surface area is 214 Å². The Morgan fingerprint density at radius 2 is 2.00 bits per heavy atom. The third-order valence-electron chi connectivity index (χ3n) is 6.74. The van der Waals surface area contributed by atoms with E-state index in [1.807, 2.05) is 26.0 Å². The lowest BCUT2D eigenvalue weighted by atomic mass is 9.95. The second kappa shape index (κ2) is 10.1. The monoisotopic (exact) mass is 510 g/mol. The van der Waals surface area contributed by atoms with Crippen LogP contribution in [-0.2, 0) is 17.8 Å². The average Bonchev–Trinajstić information content (AvgIpc) is 3.29. The molecule has 2 N–H and O–H groups in total. The highest BCUT2D eigenvalue weighted by molar-refractivity contribution is 6.29. The van der Waals surface area contributed by atoms with Crippen LogP contribution in [0.3, 0.4) is 0 Å². The molecule has 0 spiro atoms. The lowest BCUT2D eigenvalue weighted by Gasteiger charge is -2.30. The number of halogens is 1. The van der Waals surface area contributed by atoms with Crippen molar-refractivity contribution < 1.29 is 9.84 Å². The summed E-state index contributed by atoms with van der Waals surface area (Å²) in [6.07, 6.45) is 1.80. The SMILES string of the molecule is CCn1c(=O)c2cc(C)cc(C(C)Nc3ccc(Cl)nc3N3CCOCC3)c2c2cnn(CCO)c21. The van der Waals surface area contributed by atoms with Gasteiger partial charge in [-0.2, -0.15) is 5.10 Å². The molecule has 5 rings (SSSR count). The van der Waals surface area contributed by atoms with Crippen LogP contribution in [-0.4, -0.2) is 57.3 Å². The van der Waals surface area contributed by atoms with Gasteiger partial charge >= 0.3 is 0 Å². The van der Waals surface area contributed by atoms with Gasteiger partial charge in [0.2, 0.25) is 0 Å². The van der Waals surface area contributed by atoms with E-state index in [9.17, 15) is 9.90 Å². The Morgan fingerprint density at radius 1 is 1.22 bits per heavy atom. The number of aliphatic hydroxyl groups excluding tert-OH is 1. The number of morpholine rings is 1. The average molecular weight is 511 g/mol. The van der Waals surface area contributed by atoms with Crippen LogP contribution in [0.4, 0.5) is 11.5 Å². The molecule has 1 aromatic carbocycles. The molecule has 0 radical (unpaired) electrons. The van der Waals surface area contributed by atoms with Gasteiger partial charge in [-0.25, -0.2) is 9.67 Å². The highest BCUT2D eigenvalue weighted by Gasteiger charge is 2.22. The van der Waals surface area contributed by atoms with Crippen molar-refractivity contribution in [2.24, 2.45) is 0 Å². The second-order valence-corrected chi connectivity index (χ2v) is 9.51. The lowest BCUT2D eigenvalue weighted by Crippen LogP contribution is -2.37. The van der Waals surface area contributed by atoms with Crippen LogP contribution >= 0.6 is 11.6 Å². The normalized spacial score (nSPS) is 15.1. The fourth-order valence-electron chi connectivity index (χ4n) is 5.12. The molecule has 10 heteroatoms. The van der Waals surface area contributed by atoms with E-state index in [4.69, 9.17) is 16.3 Å². The summed E-state index contributed by atoms with van der Waals surface area (Å²) >= 11 is 6.27. The highest BCUT2D eigenvalue weighted by Crippen LogP contribution is 2.35. The quantitative estimate of drug-likeness (QED) is 0.365. The Morgan fingerprint density at radius 3 is 2.72 bits per heavy atom. The molecule has 4 heterocycles. The van der Waals surface area contributed by atoms with E-state index in [2.05, 4.69) is 33.3 Å². The predicted octanol–water partition coefficient (Wildman–Crippen LogP) is 3.73. The number of aryl methyl sites for hydroxylation is 2. The van der Waals surface area contributed by atoms with Crippen molar-refractivity contribution in [3.8, 4) is 0 Å². The van der Waals surface area contributed by atoms with Gasteiger partial charge in [0.1, 0.15) is 10.8 Å². The molecule has 1 unspecified atom stereocenters. The van der Waals surface area contributed by atoms with Gasteiger partial charge < -0.3 is 20.1 Å². The van der Waals surface area contributed by atoms with Gasteiger partial charge in [0.25, 0.3) is 5.56 Å². The number of ether oxygens (including phenoxy) is 1.